The lowest BCUT2D eigenvalue weighted by atomic mass is 9.99. The molecule has 4 rings (SSSR count). The number of aromatic nitrogens is 4. The Morgan fingerprint density at radius 2 is 1.81 bits per heavy atom. The summed E-state index contributed by atoms with van der Waals surface area (Å²) in [6.07, 6.45) is -3.43. The Labute approximate surface area is 174 Å². The zero-order chi connectivity index (χ0) is 22.3. The summed E-state index contributed by atoms with van der Waals surface area (Å²) in [5.74, 6) is -1.06. The molecule has 11 heteroatoms. The molecular weight excluding hydrogens is 416 g/mol. The number of hydrogen-bond acceptors (Lipinski definition) is 5. The van der Waals surface area contributed by atoms with Crippen LogP contribution in [0.3, 0.4) is 0 Å². The molecular formula is C20H18F4N6O. The minimum Gasteiger partial charge on any atom is -0.355 e. The normalized spacial score (nSPS) is 14.5. The van der Waals surface area contributed by atoms with E-state index in [0.717, 1.165) is 17.5 Å². The molecule has 0 saturated carbocycles. The van der Waals surface area contributed by atoms with Crippen LogP contribution < -0.4 is 10.2 Å². The molecule has 1 aliphatic rings. The van der Waals surface area contributed by atoms with Gasteiger partial charge in [-0.05, 0) is 38.1 Å². The summed E-state index contributed by atoms with van der Waals surface area (Å²) in [4.78, 5) is 22.7. The van der Waals surface area contributed by atoms with E-state index in [2.05, 4.69) is 20.4 Å². The van der Waals surface area contributed by atoms with Gasteiger partial charge in [-0.15, -0.1) is 0 Å². The molecule has 1 N–H and O–H groups in total. The molecule has 0 radical (unpaired) electrons. The van der Waals surface area contributed by atoms with Gasteiger partial charge in [0.15, 0.2) is 5.82 Å². The number of nitrogens with zero attached hydrogens (tertiary/aromatic N) is 5. The van der Waals surface area contributed by atoms with E-state index in [-0.39, 0.29) is 5.69 Å². The van der Waals surface area contributed by atoms with Crippen LogP contribution in [0.2, 0.25) is 0 Å². The third-order valence-corrected chi connectivity index (χ3v) is 4.98. The van der Waals surface area contributed by atoms with Crippen LogP contribution in [0, 0.1) is 25.6 Å². The number of halogens is 4. The molecule has 1 saturated heterocycles. The van der Waals surface area contributed by atoms with Crippen molar-refractivity contribution in [3.63, 3.8) is 0 Å². The standard InChI is InChI=1S/C20H18F4N6O/c1-11-5-12(2)30(28-11)18-7-17(25-10-26-18)29-8-13(9-29)19(31)27-14-3-4-16(21)15(6-14)20(22,23)24/h3-7,10,13H,8-9H2,1-2H3,(H,27,31). The molecule has 0 spiro atoms. The summed E-state index contributed by atoms with van der Waals surface area (Å²) in [5, 5.41) is 6.81. The molecule has 3 aromatic rings. The average molecular weight is 434 g/mol. The molecule has 1 fully saturated rings. The van der Waals surface area contributed by atoms with E-state index in [1.165, 1.54) is 6.33 Å². The lowest BCUT2D eigenvalue weighted by Crippen LogP contribution is -2.52. The molecule has 0 unspecified atom stereocenters. The first-order valence-electron chi connectivity index (χ1n) is 9.40. The number of carbonyl (C=O) groups excluding carboxylic acids is 1. The van der Waals surface area contributed by atoms with Crippen molar-refractivity contribution in [2.24, 2.45) is 5.92 Å². The van der Waals surface area contributed by atoms with Crippen LogP contribution >= 0.6 is 0 Å². The predicted molar refractivity (Wildman–Crippen MR) is 104 cm³/mol. The van der Waals surface area contributed by atoms with Gasteiger partial charge in [0.1, 0.15) is 18.0 Å². The lowest BCUT2D eigenvalue weighted by Gasteiger charge is -2.39. The second kappa shape index (κ2) is 7.64. The van der Waals surface area contributed by atoms with Gasteiger partial charge in [0.2, 0.25) is 5.91 Å². The fraction of sp³-hybridized carbons (Fsp3) is 0.300. The molecule has 1 amide bonds. The number of benzene rings is 1. The van der Waals surface area contributed by atoms with Crippen molar-refractivity contribution in [1.29, 1.82) is 0 Å². The molecule has 0 aliphatic carbocycles. The Morgan fingerprint density at radius 1 is 1.10 bits per heavy atom. The highest BCUT2D eigenvalue weighted by atomic mass is 19.4. The summed E-state index contributed by atoms with van der Waals surface area (Å²) < 4.78 is 53.6. The molecule has 0 atom stereocenters. The number of aryl methyl sites for hydroxylation is 2. The van der Waals surface area contributed by atoms with Gasteiger partial charge in [-0.25, -0.2) is 19.0 Å². The lowest BCUT2D eigenvalue weighted by molar-refractivity contribution is -0.140. The fourth-order valence-corrected chi connectivity index (χ4v) is 3.38. The van der Waals surface area contributed by atoms with Crippen molar-refractivity contribution >= 4 is 17.4 Å². The highest BCUT2D eigenvalue weighted by Gasteiger charge is 2.36. The zero-order valence-electron chi connectivity index (χ0n) is 16.6. The molecule has 0 bridgehead atoms. The smallest absolute Gasteiger partial charge is 0.355 e. The molecule has 1 aliphatic heterocycles. The molecule has 162 valence electrons. The maximum Gasteiger partial charge on any atom is 0.419 e. The van der Waals surface area contributed by atoms with Crippen LogP contribution in [0.5, 0.6) is 0 Å². The number of anilines is 2. The summed E-state index contributed by atoms with van der Waals surface area (Å²) in [5.41, 5.74) is 0.248. The molecule has 2 aromatic heterocycles. The van der Waals surface area contributed by atoms with Gasteiger partial charge in [0.25, 0.3) is 0 Å². The first-order valence-corrected chi connectivity index (χ1v) is 9.40. The van der Waals surface area contributed by atoms with Crippen LogP contribution in [0.25, 0.3) is 5.82 Å². The largest absolute Gasteiger partial charge is 0.419 e. The quantitative estimate of drug-likeness (QED) is 0.636. The van der Waals surface area contributed by atoms with Crippen molar-refractivity contribution in [1.82, 2.24) is 19.7 Å². The third kappa shape index (κ3) is 4.21. The first kappa shape index (κ1) is 20.8. The van der Waals surface area contributed by atoms with E-state index >= 15 is 0 Å². The van der Waals surface area contributed by atoms with Gasteiger partial charge in [-0.3, -0.25) is 4.79 Å². The number of carbonyl (C=O) groups is 1. The predicted octanol–water partition coefficient (Wildman–Crippen LogP) is 3.51. The van der Waals surface area contributed by atoms with E-state index in [0.29, 0.717) is 36.9 Å². The molecule has 3 heterocycles. The minimum atomic E-state index is -4.84. The van der Waals surface area contributed by atoms with Crippen LogP contribution in [0.15, 0.2) is 36.7 Å². The number of hydrogen-bond donors (Lipinski definition) is 1. The maximum absolute atomic E-state index is 13.4. The van der Waals surface area contributed by atoms with Crippen molar-refractivity contribution in [3.8, 4) is 5.82 Å². The number of amides is 1. The van der Waals surface area contributed by atoms with Crippen molar-refractivity contribution in [3.05, 3.63) is 59.4 Å². The minimum absolute atomic E-state index is 0.106. The van der Waals surface area contributed by atoms with Gasteiger partial charge in [-0.1, -0.05) is 0 Å². The van der Waals surface area contributed by atoms with E-state index in [1.54, 1.807) is 10.7 Å². The van der Waals surface area contributed by atoms with Crippen molar-refractivity contribution < 1.29 is 22.4 Å². The number of rotatable bonds is 4. The average Bonchev–Trinajstić information content (AvgIpc) is 2.99. The molecule has 31 heavy (non-hydrogen) atoms. The topological polar surface area (TPSA) is 75.9 Å². The van der Waals surface area contributed by atoms with Gasteiger partial charge in [0, 0.05) is 30.5 Å². The van der Waals surface area contributed by atoms with Crippen LogP contribution in [0.4, 0.5) is 29.1 Å². The van der Waals surface area contributed by atoms with Gasteiger partial charge in [-0.2, -0.15) is 18.3 Å². The fourth-order valence-electron chi connectivity index (χ4n) is 3.38. The Bertz CT molecular complexity index is 1140. The van der Waals surface area contributed by atoms with E-state index in [9.17, 15) is 22.4 Å². The Kier molecular flexibility index (Phi) is 5.11. The highest BCUT2D eigenvalue weighted by molar-refractivity contribution is 5.94. The highest BCUT2D eigenvalue weighted by Crippen LogP contribution is 2.33. The second-order valence-electron chi connectivity index (χ2n) is 7.36. The molecule has 7 nitrogen and oxygen atoms in total. The monoisotopic (exact) mass is 434 g/mol. The summed E-state index contributed by atoms with van der Waals surface area (Å²) in [6.45, 7) is 4.47. The van der Waals surface area contributed by atoms with Gasteiger partial charge >= 0.3 is 6.18 Å². The van der Waals surface area contributed by atoms with E-state index in [4.69, 9.17) is 0 Å². The Balaban J connectivity index is 1.41. The summed E-state index contributed by atoms with van der Waals surface area (Å²) in [7, 11) is 0. The first-order chi connectivity index (χ1) is 14.6. The van der Waals surface area contributed by atoms with Crippen LogP contribution in [-0.4, -0.2) is 38.7 Å². The second-order valence-corrected chi connectivity index (χ2v) is 7.36. The van der Waals surface area contributed by atoms with E-state index in [1.807, 2.05) is 24.8 Å². The van der Waals surface area contributed by atoms with Crippen LogP contribution in [-0.2, 0) is 11.0 Å². The maximum atomic E-state index is 13.4. The zero-order valence-corrected chi connectivity index (χ0v) is 16.6. The van der Waals surface area contributed by atoms with Gasteiger partial charge < -0.3 is 10.2 Å². The van der Waals surface area contributed by atoms with Crippen molar-refractivity contribution in [2.75, 3.05) is 23.3 Å². The van der Waals surface area contributed by atoms with Crippen LogP contribution in [0.1, 0.15) is 17.0 Å². The Morgan fingerprint density at radius 3 is 2.45 bits per heavy atom. The SMILES string of the molecule is Cc1cc(C)n(-c2cc(N3CC(C(=O)Nc4ccc(F)c(C(F)(F)F)c4)C3)ncn2)n1. The molecule has 1 aromatic carbocycles. The number of nitrogens with one attached hydrogen (secondary N) is 1. The number of alkyl halides is 3. The van der Waals surface area contributed by atoms with Crippen molar-refractivity contribution in [2.45, 2.75) is 20.0 Å². The summed E-state index contributed by atoms with van der Waals surface area (Å²) in [6, 6.07) is 6.06. The van der Waals surface area contributed by atoms with E-state index < -0.39 is 29.4 Å². The summed E-state index contributed by atoms with van der Waals surface area (Å²) >= 11 is 0. The van der Waals surface area contributed by atoms with Gasteiger partial charge in [0.05, 0.1) is 17.2 Å². The third-order valence-electron chi connectivity index (χ3n) is 4.98. The Hall–Kier alpha value is -3.50.